The molecule has 2 aromatic carbocycles. The summed E-state index contributed by atoms with van der Waals surface area (Å²) in [5, 5.41) is 14.1. The summed E-state index contributed by atoms with van der Waals surface area (Å²) in [6.45, 7) is 0.217. The van der Waals surface area contributed by atoms with E-state index >= 15 is 0 Å². The van der Waals surface area contributed by atoms with Gasteiger partial charge in [0.1, 0.15) is 18.1 Å². The molecule has 0 saturated heterocycles. The fraction of sp³-hybridized carbons (Fsp3) is 0.125. The summed E-state index contributed by atoms with van der Waals surface area (Å²) in [7, 11) is 3.39. The number of nitrogens with zero attached hydrogens (tertiary/aromatic N) is 6. The second kappa shape index (κ2) is 8.43. The fourth-order valence-electron chi connectivity index (χ4n) is 3.46. The molecule has 5 rings (SSSR count). The van der Waals surface area contributed by atoms with Gasteiger partial charge in [0.15, 0.2) is 11.5 Å². The van der Waals surface area contributed by atoms with Crippen LogP contribution in [0.4, 0.5) is 0 Å². The highest BCUT2D eigenvalue weighted by molar-refractivity contribution is 5.86. The Morgan fingerprint density at radius 3 is 2.69 bits per heavy atom. The number of aromatic nitrogens is 5. The first-order chi connectivity index (χ1) is 15.7. The summed E-state index contributed by atoms with van der Waals surface area (Å²) >= 11 is 0. The van der Waals surface area contributed by atoms with Crippen LogP contribution in [0.25, 0.3) is 27.8 Å². The Morgan fingerprint density at radius 2 is 1.88 bits per heavy atom. The van der Waals surface area contributed by atoms with Gasteiger partial charge in [0.05, 0.1) is 18.3 Å². The molecule has 0 aliphatic carbocycles. The molecule has 0 aliphatic heterocycles. The van der Waals surface area contributed by atoms with Gasteiger partial charge in [-0.2, -0.15) is 9.61 Å². The first-order valence-corrected chi connectivity index (χ1v) is 10.0. The predicted molar refractivity (Wildman–Crippen MR) is 122 cm³/mol. The standard InChI is InChI=1S/C24H20N6O2/c1-25-14-16-3-5-17(6-4-16)20-9-10-23-27-28-24(30(23)29-20)15-32-22-11-12-26-21-13-18(31-2)7-8-19(21)22/h3-14H,15H2,1-2H3. The maximum Gasteiger partial charge on any atom is 0.192 e. The van der Waals surface area contributed by atoms with Gasteiger partial charge in [-0.25, -0.2) is 0 Å². The lowest BCUT2D eigenvalue weighted by Crippen LogP contribution is -2.05. The van der Waals surface area contributed by atoms with E-state index in [-0.39, 0.29) is 6.61 Å². The molecule has 0 atom stereocenters. The van der Waals surface area contributed by atoms with Crippen LogP contribution < -0.4 is 9.47 Å². The van der Waals surface area contributed by atoms with Crippen molar-refractivity contribution >= 4 is 22.8 Å². The molecule has 0 spiro atoms. The van der Waals surface area contributed by atoms with Crippen molar-refractivity contribution in [3.63, 3.8) is 0 Å². The second-order valence-corrected chi connectivity index (χ2v) is 7.09. The van der Waals surface area contributed by atoms with Crippen LogP contribution in [-0.2, 0) is 6.61 Å². The highest BCUT2D eigenvalue weighted by atomic mass is 16.5. The van der Waals surface area contributed by atoms with Gasteiger partial charge < -0.3 is 9.47 Å². The van der Waals surface area contributed by atoms with Crippen molar-refractivity contribution in [2.24, 2.45) is 4.99 Å². The van der Waals surface area contributed by atoms with E-state index in [1.807, 2.05) is 66.9 Å². The average Bonchev–Trinajstić information content (AvgIpc) is 3.25. The topological polar surface area (TPSA) is 86.8 Å². The fourth-order valence-corrected chi connectivity index (χ4v) is 3.46. The second-order valence-electron chi connectivity index (χ2n) is 7.09. The van der Waals surface area contributed by atoms with Gasteiger partial charge in [-0.1, -0.05) is 24.3 Å². The molecule has 0 radical (unpaired) electrons. The molecule has 0 bridgehead atoms. The van der Waals surface area contributed by atoms with E-state index < -0.39 is 0 Å². The van der Waals surface area contributed by atoms with Crippen LogP contribution in [0.2, 0.25) is 0 Å². The monoisotopic (exact) mass is 424 g/mol. The van der Waals surface area contributed by atoms with E-state index in [1.165, 1.54) is 0 Å². The smallest absolute Gasteiger partial charge is 0.192 e. The van der Waals surface area contributed by atoms with Crippen molar-refractivity contribution in [3.05, 3.63) is 78.2 Å². The Hall–Kier alpha value is -4.33. The van der Waals surface area contributed by atoms with Crippen LogP contribution in [-0.4, -0.2) is 45.2 Å². The number of methoxy groups -OCH3 is 1. The van der Waals surface area contributed by atoms with Crippen molar-refractivity contribution in [2.75, 3.05) is 14.2 Å². The molecule has 0 saturated carbocycles. The maximum absolute atomic E-state index is 6.07. The van der Waals surface area contributed by atoms with Crippen LogP contribution in [0.15, 0.2) is 71.9 Å². The molecule has 158 valence electrons. The van der Waals surface area contributed by atoms with E-state index in [4.69, 9.17) is 14.6 Å². The lowest BCUT2D eigenvalue weighted by Gasteiger charge is -2.09. The summed E-state index contributed by atoms with van der Waals surface area (Å²) in [5.41, 5.74) is 4.31. The van der Waals surface area contributed by atoms with Crippen LogP contribution in [0.1, 0.15) is 11.4 Å². The lowest BCUT2D eigenvalue weighted by molar-refractivity contribution is 0.296. The lowest BCUT2D eigenvalue weighted by atomic mass is 10.1. The molecule has 0 aliphatic rings. The number of aliphatic imine (C=N–C) groups is 1. The number of rotatable bonds is 6. The number of fused-ring (bicyclic) bond motifs is 2. The molecule has 3 aromatic heterocycles. The van der Waals surface area contributed by atoms with Crippen molar-refractivity contribution < 1.29 is 9.47 Å². The average molecular weight is 424 g/mol. The van der Waals surface area contributed by atoms with Gasteiger partial charge in [-0.15, -0.1) is 10.2 Å². The minimum Gasteiger partial charge on any atom is -0.497 e. The number of hydrogen-bond acceptors (Lipinski definition) is 7. The minimum absolute atomic E-state index is 0.217. The molecule has 0 unspecified atom stereocenters. The van der Waals surface area contributed by atoms with Gasteiger partial charge in [0.25, 0.3) is 0 Å². The third-order valence-electron chi connectivity index (χ3n) is 5.08. The first kappa shape index (κ1) is 19.6. The zero-order chi connectivity index (χ0) is 21.9. The molecule has 0 fully saturated rings. The Balaban J connectivity index is 1.43. The number of pyridine rings is 1. The summed E-state index contributed by atoms with van der Waals surface area (Å²) in [5.74, 6) is 2.06. The van der Waals surface area contributed by atoms with Crippen LogP contribution in [0, 0.1) is 0 Å². The normalized spacial score (nSPS) is 11.4. The van der Waals surface area contributed by atoms with Crippen molar-refractivity contribution in [3.8, 4) is 22.8 Å². The highest BCUT2D eigenvalue weighted by Gasteiger charge is 2.11. The van der Waals surface area contributed by atoms with Gasteiger partial charge in [0.2, 0.25) is 0 Å². The Morgan fingerprint density at radius 1 is 1.00 bits per heavy atom. The molecular formula is C24H20N6O2. The molecule has 8 heteroatoms. The highest BCUT2D eigenvalue weighted by Crippen LogP contribution is 2.27. The minimum atomic E-state index is 0.217. The molecular weight excluding hydrogens is 404 g/mol. The molecule has 5 aromatic rings. The summed E-state index contributed by atoms with van der Waals surface area (Å²) in [4.78, 5) is 8.44. The van der Waals surface area contributed by atoms with Gasteiger partial charge >= 0.3 is 0 Å². The predicted octanol–water partition coefficient (Wildman–Crippen LogP) is 3.98. The van der Waals surface area contributed by atoms with Crippen molar-refractivity contribution in [2.45, 2.75) is 6.61 Å². The number of ether oxygens (including phenoxy) is 2. The van der Waals surface area contributed by atoms with Gasteiger partial charge in [0, 0.05) is 36.5 Å². The molecule has 8 nitrogen and oxygen atoms in total. The van der Waals surface area contributed by atoms with Crippen LogP contribution in [0.5, 0.6) is 11.5 Å². The summed E-state index contributed by atoms with van der Waals surface area (Å²) in [6, 6.07) is 19.4. The van der Waals surface area contributed by atoms with E-state index in [0.29, 0.717) is 17.2 Å². The van der Waals surface area contributed by atoms with Crippen molar-refractivity contribution in [1.82, 2.24) is 24.8 Å². The van der Waals surface area contributed by atoms with Crippen molar-refractivity contribution in [1.29, 1.82) is 0 Å². The van der Waals surface area contributed by atoms with E-state index in [1.54, 1.807) is 24.9 Å². The zero-order valence-corrected chi connectivity index (χ0v) is 17.6. The van der Waals surface area contributed by atoms with E-state index in [0.717, 1.165) is 33.5 Å². The summed E-state index contributed by atoms with van der Waals surface area (Å²) in [6.07, 6.45) is 3.52. The third kappa shape index (κ3) is 3.74. The largest absolute Gasteiger partial charge is 0.497 e. The Bertz CT molecular complexity index is 1430. The third-order valence-corrected chi connectivity index (χ3v) is 5.08. The molecule has 0 amide bonds. The molecule has 32 heavy (non-hydrogen) atoms. The van der Waals surface area contributed by atoms with Gasteiger partial charge in [-0.05, 0) is 35.9 Å². The maximum atomic E-state index is 6.07. The van der Waals surface area contributed by atoms with E-state index in [2.05, 4.69) is 20.2 Å². The number of hydrogen-bond donors (Lipinski definition) is 0. The number of benzene rings is 2. The Kier molecular flexibility index (Phi) is 5.17. The first-order valence-electron chi connectivity index (χ1n) is 10.0. The Labute approximate surface area is 184 Å². The summed E-state index contributed by atoms with van der Waals surface area (Å²) < 4.78 is 13.1. The zero-order valence-electron chi connectivity index (χ0n) is 17.6. The van der Waals surface area contributed by atoms with Gasteiger partial charge in [-0.3, -0.25) is 9.98 Å². The molecule has 3 heterocycles. The molecule has 0 N–H and O–H groups in total. The van der Waals surface area contributed by atoms with E-state index in [9.17, 15) is 0 Å². The quantitative estimate of drug-likeness (QED) is 0.383. The SMILES string of the molecule is CN=Cc1ccc(-c2ccc3nnc(COc4ccnc5cc(OC)ccc45)n3n2)cc1. The van der Waals surface area contributed by atoms with Crippen LogP contribution >= 0.6 is 0 Å². The van der Waals surface area contributed by atoms with Crippen LogP contribution in [0.3, 0.4) is 0 Å².